The van der Waals surface area contributed by atoms with Gasteiger partial charge in [0, 0.05) is 12.8 Å². The minimum atomic E-state index is -0.878. The van der Waals surface area contributed by atoms with Gasteiger partial charge < -0.3 is 19.0 Å². The highest BCUT2D eigenvalue weighted by Crippen LogP contribution is 2.29. The highest BCUT2D eigenvalue weighted by atomic mass is 16.5. The molecule has 0 amide bonds. The number of hydrogen-bond acceptors (Lipinski definition) is 4. The van der Waals surface area contributed by atoms with Gasteiger partial charge in [0.1, 0.15) is 5.76 Å². The zero-order chi connectivity index (χ0) is 14.6. The standard InChI is InChI=1S/C16H20O4/c1-16(17,11-13-5-4-8-20-13)10-12-6-7-14(18-2)15(9-12)19-3/h4-9,17H,10-11H2,1-3H3. The van der Waals surface area contributed by atoms with Gasteiger partial charge in [-0.2, -0.15) is 0 Å². The lowest BCUT2D eigenvalue weighted by Crippen LogP contribution is -2.29. The molecule has 1 aromatic carbocycles. The Balaban J connectivity index is 2.12. The molecule has 2 rings (SSSR count). The van der Waals surface area contributed by atoms with Crippen molar-refractivity contribution >= 4 is 0 Å². The number of hydrogen-bond donors (Lipinski definition) is 1. The second kappa shape index (κ2) is 6.01. The minimum absolute atomic E-state index is 0.467. The second-order valence-electron chi connectivity index (χ2n) is 5.12. The third kappa shape index (κ3) is 3.54. The maximum Gasteiger partial charge on any atom is 0.160 e. The summed E-state index contributed by atoms with van der Waals surface area (Å²) in [6.45, 7) is 1.80. The monoisotopic (exact) mass is 276 g/mol. The fourth-order valence-electron chi connectivity index (χ4n) is 2.28. The van der Waals surface area contributed by atoms with Crippen LogP contribution in [0.1, 0.15) is 18.2 Å². The summed E-state index contributed by atoms with van der Waals surface area (Å²) in [6.07, 6.45) is 2.59. The van der Waals surface area contributed by atoms with Crippen molar-refractivity contribution in [2.24, 2.45) is 0 Å². The maximum atomic E-state index is 10.5. The van der Waals surface area contributed by atoms with E-state index in [4.69, 9.17) is 13.9 Å². The number of ether oxygens (including phenoxy) is 2. The van der Waals surface area contributed by atoms with Gasteiger partial charge in [-0.1, -0.05) is 6.07 Å². The van der Waals surface area contributed by atoms with E-state index < -0.39 is 5.60 Å². The molecule has 1 unspecified atom stereocenters. The van der Waals surface area contributed by atoms with Crippen molar-refractivity contribution < 1.29 is 19.0 Å². The second-order valence-corrected chi connectivity index (χ2v) is 5.12. The van der Waals surface area contributed by atoms with Crippen LogP contribution in [0.15, 0.2) is 41.0 Å². The van der Waals surface area contributed by atoms with Gasteiger partial charge >= 0.3 is 0 Å². The third-order valence-electron chi connectivity index (χ3n) is 3.17. The van der Waals surface area contributed by atoms with Crippen molar-refractivity contribution in [2.75, 3.05) is 14.2 Å². The van der Waals surface area contributed by atoms with Crippen molar-refractivity contribution in [3.8, 4) is 11.5 Å². The van der Waals surface area contributed by atoms with Crippen LogP contribution in [0.2, 0.25) is 0 Å². The van der Waals surface area contributed by atoms with Gasteiger partial charge in [-0.25, -0.2) is 0 Å². The van der Waals surface area contributed by atoms with E-state index in [1.54, 1.807) is 27.4 Å². The molecule has 0 aliphatic heterocycles. The highest BCUT2D eigenvalue weighted by Gasteiger charge is 2.23. The maximum absolute atomic E-state index is 10.5. The highest BCUT2D eigenvalue weighted by molar-refractivity contribution is 5.43. The Labute approximate surface area is 118 Å². The summed E-state index contributed by atoms with van der Waals surface area (Å²) in [5.41, 5.74) is 0.108. The van der Waals surface area contributed by atoms with E-state index in [1.807, 2.05) is 30.3 Å². The van der Waals surface area contributed by atoms with Gasteiger partial charge in [-0.05, 0) is 36.8 Å². The molecule has 108 valence electrons. The summed E-state index contributed by atoms with van der Waals surface area (Å²) in [5, 5.41) is 10.5. The largest absolute Gasteiger partial charge is 0.493 e. The number of aliphatic hydroxyl groups is 1. The van der Waals surface area contributed by atoms with Gasteiger partial charge in [0.15, 0.2) is 11.5 Å². The van der Waals surface area contributed by atoms with Crippen molar-refractivity contribution in [3.63, 3.8) is 0 Å². The molecule has 1 heterocycles. The van der Waals surface area contributed by atoms with E-state index in [-0.39, 0.29) is 0 Å². The number of furan rings is 1. The average molecular weight is 276 g/mol. The topological polar surface area (TPSA) is 51.8 Å². The lowest BCUT2D eigenvalue weighted by molar-refractivity contribution is 0.0554. The quantitative estimate of drug-likeness (QED) is 0.881. The Morgan fingerprint density at radius 1 is 1.10 bits per heavy atom. The van der Waals surface area contributed by atoms with E-state index in [0.29, 0.717) is 24.3 Å². The predicted octanol–water partition coefficient (Wildman–Crippen LogP) is 2.83. The minimum Gasteiger partial charge on any atom is -0.493 e. The molecule has 1 N–H and O–H groups in total. The third-order valence-corrected chi connectivity index (χ3v) is 3.17. The molecule has 20 heavy (non-hydrogen) atoms. The van der Waals surface area contributed by atoms with Crippen LogP contribution in [-0.4, -0.2) is 24.9 Å². The van der Waals surface area contributed by atoms with Crippen molar-refractivity contribution in [1.82, 2.24) is 0 Å². The summed E-state index contributed by atoms with van der Waals surface area (Å²) >= 11 is 0. The molecule has 4 heteroatoms. The van der Waals surface area contributed by atoms with Crippen LogP contribution in [-0.2, 0) is 12.8 Å². The summed E-state index contributed by atoms with van der Waals surface area (Å²) < 4.78 is 15.8. The lowest BCUT2D eigenvalue weighted by Gasteiger charge is -2.22. The van der Waals surface area contributed by atoms with Crippen LogP contribution >= 0.6 is 0 Å². The first-order chi connectivity index (χ1) is 9.54. The molecule has 0 fully saturated rings. The molecule has 1 atom stereocenters. The summed E-state index contributed by atoms with van der Waals surface area (Å²) in [5.74, 6) is 2.12. The van der Waals surface area contributed by atoms with Crippen molar-refractivity contribution in [1.29, 1.82) is 0 Å². The molecule has 0 saturated carbocycles. The first-order valence-electron chi connectivity index (χ1n) is 6.50. The average Bonchev–Trinajstić information content (AvgIpc) is 2.90. The summed E-state index contributed by atoms with van der Waals surface area (Å²) in [7, 11) is 3.20. The van der Waals surface area contributed by atoms with Gasteiger partial charge in [-0.15, -0.1) is 0 Å². The van der Waals surface area contributed by atoms with Gasteiger partial charge in [-0.3, -0.25) is 0 Å². The number of benzene rings is 1. The van der Waals surface area contributed by atoms with Gasteiger partial charge in [0.25, 0.3) is 0 Å². The molecule has 0 bridgehead atoms. The number of rotatable bonds is 6. The fraction of sp³-hybridized carbons (Fsp3) is 0.375. The normalized spacial score (nSPS) is 13.8. The van der Waals surface area contributed by atoms with Crippen LogP contribution in [0.4, 0.5) is 0 Å². The first-order valence-corrected chi connectivity index (χ1v) is 6.50. The summed E-state index contributed by atoms with van der Waals surface area (Å²) in [6, 6.07) is 9.34. The lowest BCUT2D eigenvalue weighted by atomic mass is 9.92. The Morgan fingerprint density at radius 3 is 2.45 bits per heavy atom. The van der Waals surface area contributed by atoms with Crippen LogP contribution < -0.4 is 9.47 Å². The molecule has 0 spiro atoms. The van der Waals surface area contributed by atoms with Crippen molar-refractivity contribution in [3.05, 3.63) is 47.9 Å². The van der Waals surface area contributed by atoms with Crippen LogP contribution in [0.25, 0.3) is 0 Å². The fourth-order valence-corrected chi connectivity index (χ4v) is 2.28. The van der Waals surface area contributed by atoms with E-state index >= 15 is 0 Å². The van der Waals surface area contributed by atoms with E-state index in [2.05, 4.69) is 0 Å². The Bertz CT molecular complexity index is 544. The predicted molar refractivity (Wildman–Crippen MR) is 76.3 cm³/mol. The first kappa shape index (κ1) is 14.5. The smallest absolute Gasteiger partial charge is 0.160 e. The molecule has 2 aromatic rings. The van der Waals surface area contributed by atoms with Gasteiger partial charge in [0.05, 0.1) is 26.1 Å². The van der Waals surface area contributed by atoms with Crippen molar-refractivity contribution in [2.45, 2.75) is 25.4 Å². The van der Waals surface area contributed by atoms with Gasteiger partial charge in [0.2, 0.25) is 0 Å². The summed E-state index contributed by atoms with van der Waals surface area (Å²) in [4.78, 5) is 0. The van der Waals surface area contributed by atoms with E-state index in [1.165, 1.54) is 0 Å². The Morgan fingerprint density at radius 2 is 1.85 bits per heavy atom. The molecule has 0 aliphatic carbocycles. The molecule has 0 radical (unpaired) electrons. The van der Waals surface area contributed by atoms with Crippen LogP contribution in [0.5, 0.6) is 11.5 Å². The SMILES string of the molecule is COc1ccc(CC(C)(O)Cc2ccco2)cc1OC. The molecule has 4 nitrogen and oxygen atoms in total. The Hall–Kier alpha value is -1.94. The molecule has 1 aromatic heterocycles. The number of methoxy groups -OCH3 is 2. The molecule has 0 saturated heterocycles. The van der Waals surface area contributed by atoms with E-state index in [0.717, 1.165) is 11.3 Å². The molecular formula is C16H20O4. The zero-order valence-corrected chi connectivity index (χ0v) is 12.1. The van der Waals surface area contributed by atoms with Crippen LogP contribution in [0.3, 0.4) is 0 Å². The zero-order valence-electron chi connectivity index (χ0n) is 12.1. The Kier molecular flexibility index (Phi) is 4.35. The molecule has 0 aliphatic rings. The van der Waals surface area contributed by atoms with E-state index in [9.17, 15) is 5.11 Å². The van der Waals surface area contributed by atoms with Crippen LogP contribution in [0, 0.1) is 0 Å². The molecular weight excluding hydrogens is 256 g/mol.